The molecule has 0 aliphatic heterocycles. The second-order valence-corrected chi connectivity index (χ2v) is 6.82. The van der Waals surface area contributed by atoms with Crippen LogP contribution in [0.15, 0.2) is 67.0 Å². The number of nitrogens with zero attached hydrogens (tertiary/aromatic N) is 2. The van der Waals surface area contributed by atoms with Gasteiger partial charge < -0.3 is 10.1 Å². The Morgan fingerprint density at radius 3 is 2.44 bits per heavy atom. The molecule has 4 nitrogen and oxygen atoms in total. The number of hydrogen-bond acceptors (Lipinski definition) is 4. The van der Waals surface area contributed by atoms with E-state index in [2.05, 4.69) is 41.3 Å². The van der Waals surface area contributed by atoms with E-state index >= 15 is 0 Å². The second kappa shape index (κ2) is 7.25. The minimum Gasteiger partial charge on any atom is -0.457 e. The van der Waals surface area contributed by atoms with Crippen LogP contribution < -0.4 is 10.1 Å². The Kier molecular flexibility index (Phi) is 4.65. The van der Waals surface area contributed by atoms with Gasteiger partial charge in [-0.1, -0.05) is 17.7 Å². The molecule has 27 heavy (non-hydrogen) atoms. The predicted octanol–water partition coefficient (Wildman–Crippen LogP) is 6.44. The highest BCUT2D eigenvalue weighted by molar-refractivity contribution is 6.30. The molecule has 0 bridgehead atoms. The van der Waals surface area contributed by atoms with E-state index in [-0.39, 0.29) is 0 Å². The molecule has 0 saturated heterocycles. The quantitative estimate of drug-likeness (QED) is 0.446. The number of anilines is 2. The summed E-state index contributed by atoms with van der Waals surface area (Å²) in [4.78, 5) is 8.80. The van der Waals surface area contributed by atoms with E-state index < -0.39 is 0 Å². The molecule has 134 valence electrons. The lowest BCUT2D eigenvalue weighted by Crippen LogP contribution is -1.97. The Bertz CT molecular complexity index is 1110. The summed E-state index contributed by atoms with van der Waals surface area (Å²) in [5, 5.41) is 5.05. The summed E-state index contributed by atoms with van der Waals surface area (Å²) in [6, 6.07) is 19.2. The maximum absolute atomic E-state index is 5.92. The zero-order chi connectivity index (χ0) is 18.8. The molecule has 3 aromatic carbocycles. The fraction of sp³-hybridized carbons (Fsp3) is 0.0909. The highest BCUT2D eigenvalue weighted by Crippen LogP contribution is 2.29. The third-order valence-corrected chi connectivity index (χ3v) is 4.65. The van der Waals surface area contributed by atoms with Crippen LogP contribution >= 0.6 is 11.6 Å². The number of nitrogens with one attached hydrogen (secondary N) is 1. The van der Waals surface area contributed by atoms with E-state index in [1.54, 1.807) is 18.5 Å². The maximum Gasteiger partial charge on any atom is 0.141 e. The number of aromatic nitrogens is 2. The molecule has 0 spiro atoms. The molecule has 5 heteroatoms. The molecule has 0 aliphatic rings. The Balaban J connectivity index is 1.62. The van der Waals surface area contributed by atoms with Gasteiger partial charge in [0.25, 0.3) is 0 Å². The van der Waals surface area contributed by atoms with Crippen molar-refractivity contribution in [2.24, 2.45) is 0 Å². The van der Waals surface area contributed by atoms with Crippen molar-refractivity contribution in [1.29, 1.82) is 0 Å². The van der Waals surface area contributed by atoms with Crippen LogP contribution in [0.4, 0.5) is 11.5 Å². The second-order valence-electron chi connectivity index (χ2n) is 6.38. The average Bonchev–Trinajstić information content (AvgIpc) is 2.66. The van der Waals surface area contributed by atoms with Gasteiger partial charge in [0, 0.05) is 22.2 Å². The van der Waals surface area contributed by atoms with Gasteiger partial charge in [0.2, 0.25) is 0 Å². The molecular weight excluding hydrogens is 358 g/mol. The Morgan fingerprint density at radius 2 is 1.63 bits per heavy atom. The number of rotatable bonds is 4. The summed E-state index contributed by atoms with van der Waals surface area (Å²) in [5.41, 5.74) is 4.23. The van der Waals surface area contributed by atoms with E-state index in [4.69, 9.17) is 16.3 Å². The minimum absolute atomic E-state index is 0.680. The van der Waals surface area contributed by atoms with Crippen LogP contribution in [-0.2, 0) is 0 Å². The smallest absolute Gasteiger partial charge is 0.141 e. The van der Waals surface area contributed by atoms with Crippen molar-refractivity contribution in [1.82, 2.24) is 9.97 Å². The van der Waals surface area contributed by atoms with E-state index in [1.807, 2.05) is 36.4 Å². The first-order chi connectivity index (χ1) is 13.1. The zero-order valence-corrected chi connectivity index (χ0v) is 15.8. The van der Waals surface area contributed by atoms with Crippen molar-refractivity contribution >= 4 is 34.0 Å². The molecule has 4 rings (SSSR count). The Hall–Kier alpha value is -3.11. The Morgan fingerprint density at radius 1 is 0.852 bits per heavy atom. The standard InChI is InChI=1S/C22H18ClN3O/c1-14-10-20-21(11-15(14)2)24-13-25-22(20)26-17-4-3-5-19(12-17)27-18-8-6-16(23)7-9-18/h3-13H,1-2H3,(H,24,25,26). The topological polar surface area (TPSA) is 47.0 Å². The number of fused-ring (bicyclic) bond motifs is 1. The van der Waals surface area contributed by atoms with Gasteiger partial charge in [-0.3, -0.25) is 0 Å². The van der Waals surface area contributed by atoms with Crippen LogP contribution in [-0.4, -0.2) is 9.97 Å². The number of ether oxygens (including phenoxy) is 1. The number of aryl methyl sites for hydroxylation is 2. The molecule has 0 fully saturated rings. The van der Waals surface area contributed by atoms with E-state index in [1.165, 1.54) is 11.1 Å². The molecule has 0 saturated carbocycles. The third-order valence-electron chi connectivity index (χ3n) is 4.40. The normalized spacial score (nSPS) is 10.8. The van der Waals surface area contributed by atoms with Gasteiger partial charge in [-0.15, -0.1) is 0 Å². The maximum atomic E-state index is 5.92. The number of benzene rings is 3. The SMILES string of the molecule is Cc1cc2ncnc(Nc3cccc(Oc4ccc(Cl)cc4)c3)c2cc1C. The average molecular weight is 376 g/mol. The van der Waals surface area contributed by atoms with Crippen LogP contribution in [0.3, 0.4) is 0 Å². The van der Waals surface area contributed by atoms with E-state index in [0.29, 0.717) is 5.02 Å². The monoisotopic (exact) mass is 375 g/mol. The van der Waals surface area contributed by atoms with Crippen molar-refractivity contribution in [3.63, 3.8) is 0 Å². The first-order valence-corrected chi connectivity index (χ1v) is 8.99. The van der Waals surface area contributed by atoms with Gasteiger partial charge >= 0.3 is 0 Å². The minimum atomic E-state index is 0.680. The summed E-state index contributed by atoms with van der Waals surface area (Å²) in [5.74, 6) is 2.23. The molecule has 1 heterocycles. The van der Waals surface area contributed by atoms with Gasteiger partial charge in [0.1, 0.15) is 23.6 Å². The van der Waals surface area contributed by atoms with Gasteiger partial charge in [0.15, 0.2) is 0 Å². The lowest BCUT2D eigenvalue weighted by Gasteiger charge is -2.12. The van der Waals surface area contributed by atoms with Crippen molar-refractivity contribution in [3.05, 3.63) is 83.1 Å². The van der Waals surface area contributed by atoms with Gasteiger partial charge in [-0.25, -0.2) is 9.97 Å². The zero-order valence-electron chi connectivity index (χ0n) is 15.0. The van der Waals surface area contributed by atoms with Crippen LogP contribution in [0, 0.1) is 13.8 Å². The van der Waals surface area contributed by atoms with Crippen molar-refractivity contribution in [3.8, 4) is 11.5 Å². The largest absolute Gasteiger partial charge is 0.457 e. The van der Waals surface area contributed by atoms with Crippen molar-refractivity contribution < 1.29 is 4.74 Å². The summed E-state index contributed by atoms with van der Waals surface area (Å²) < 4.78 is 5.90. The highest BCUT2D eigenvalue weighted by Gasteiger charge is 2.07. The predicted molar refractivity (Wildman–Crippen MR) is 110 cm³/mol. The van der Waals surface area contributed by atoms with E-state index in [0.717, 1.165) is 33.9 Å². The first kappa shape index (κ1) is 17.3. The fourth-order valence-electron chi connectivity index (χ4n) is 2.83. The summed E-state index contributed by atoms with van der Waals surface area (Å²) in [7, 11) is 0. The highest BCUT2D eigenvalue weighted by atomic mass is 35.5. The van der Waals surface area contributed by atoms with Crippen molar-refractivity contribution in [2.45, 2.75) is 13.8 Å². The van der Waals surface area contributed by atoms with Crippen LogP contribution in [0.25, 0.3) is 10.9 Å². The summed E-state index contributed by atoms with van der Waals surface area (Å²) >= 11 is 5.92. The first-order valence-electron chi connectivity index (χ1n) is 8.61. The molecule has 0 unspecified atom stereocenters. The molecule has 4 aromatic rings. The summed E-state index contributed by atoms with van der Waals surface area (Å²) in [6.07, 6.45) is 1.58. The van der Waals surface area contributed by atoms with Crippen LogP contribution in [0.1, 0.15) is 11.1 Å². The molecule has 0 amide bonds. The van der Waals surface area contributed by atoms with Crippen molar-refractivity contribution in [2.75, 3.05) is 5.32 Å². The Labute approximate surface area is 162 Å². The van der Waals surface area contributed by atoms with Gasteiger partial charge in [-0.05, 0) is 73.5 Å². The van der Waals surface area contributed by atoms with Crippen LogP contribution in [0.5, 0.6) is 11.5 Å². The van der Waals surface area contributed by atoms with E-state index in [9.17, 15) is 0 Å². The molecule has 1 aromatic heterocycles. The third kappa shape index (κ3) is 3.86. The number of hydrogen-bond donors (Lipinski definition) is 1. The lowest BCUT2D eigenvalue weighted by molar-refractivity contribution is 0.483. The van der Waals surface area contributed by atoms with Crippen LogP contribution in [0.2, 0.25) is 5.02 Å². The number of halogens is 1. The van der Waals surface area contributed by atoms with Gasteiger partial charge in [-0.2, -0.15) is 0 Å². The molecule has 0 atom stereocenters. The molecular formula is C22H18ClN3O. The fourth-order valence-corrected chi connectivity index (χ4v) is 2.95. The summed E-state index contributed by atoms with van der Waals surface area (Å²) in [6.45, 7) is 4.17. The molecule has 0 aliphatic carbocycles. The van der Waals surface area contributed by atoms with Gasteiger partial charge in [0.05, 0.1) is 5.52 Å². The molecule has 0 radical (unpaired) electrons. The molecule has 1 N–H and O–H groups in total. The lowest BCUT2D eigenvalue weighted by atomic mass is 10.1.